The van der Waals surface area contributed by atoms with Crippen LogP contribution < -0.4 is 0 Å². The van der Waals surface area contributed by atoms with E-state index in [0.717, 1.165) is 22.2 Å². The molecule has 1 amide bonds. The van der Waals surface area contributed by atoms with Crippen LogP contribution in [0.15, 0.2) is 24.3 Å². The number of rotatable bonds is 2. The molecule has 2 N–H and O–H groups in total. The second-order valence-electron chi connectivity index (χ2n) is 5.45. The van der Waals surface area contributed by atoms with Gasteiger partial charge in [-0.25, -0.2) is 4.79 Å². The van der Waals surface area contributed by atoms with Gasteiger partial charge < -0.3 is 15.0 Å². The molecule has 2 aromatic rings. The summed E-state index contributed by atoms with van der Waals surface area (Å²) >= 11 is 0. The van der Waals surface area contributed by atoms with Gasteiger partial charge in [-0.2, -0.15) is 0 Å². The van der Waals surface area contributed by atoms with Gasteiger partial charge in [-0.05, 0) is 18.6 Å². The van der Waals surface area contributed by atoms with Gasteiger partial charge in [-0.1, -0.05) is 25.1 Å². The summed E-state index contributed by atoms with van der Waals surface area (Å²) in [7, 11) is 0. The van der Waals surface area contributed by atoms with Gasteiger partial charge in [0.25, 0.3) is 0 Å². The van der Waals surface area contributed by atoms with Crippen LogP contribution in [0.1, 0.15) is 37.6 Å². The Labute approximate surface area is 122 Å². The third kappa shape index (κ3) is 2.00. The van der Waals surface area contributed by atoms with Crippen molar-refractivity contribution in [2.24, 2.45) is 0 Å². The van der Waals surface area contributed by atoms with Crippen LogP contribution in [0.5, 0.6) is 0 Å². The van der Waals surface area contributed by atoms with Crippen molar-refractivity contribution in [3.05, 3.63) is 35.5 Å². The number of aromatic amines is 1. The van der Waals surface area contributed by atoms with E-state index in [1.54, 1.807) is 6.92 Å². The minimum Gasteiger partial charge on any atom is -0.480 e. The van der Waals surface area contributed by atoms with Crippen molar-refractivity contribution in [2.45, 2.75) is 38.8 Å². The van der Waals surface area contributed by atoms with Gasteiger partial charge in [0.2, 0.25) is 5.91 Å². The van der Waals surface area contributed by atoms with Gasteiger partial charge in [0, 0.05) is 29.4 Å². The molecule has 21 heavy (non-hydrogen) atoms. The summed E-state index contributed by atoms with van der Waals surface area (Å²) in [6.45, 7) is 3.64. The molecule has 2 unspecified atom stereocenters. The Morgan fingerprint density at radius 1 is 1.38 bits per heavy atom. The van der Waals surface area contributed by atoms with Crippen LogP contribution in [0.25, 0.3) is 10.9 Å². The predicted molar refractivity (Wildman–Crippen MR) is 79.0 cm³/mol. The maximum absolute atomic E-state index is 12.2. The lowest BCUT2D eigenvalue weighted by atomic mass is 9.92. The van der Waals surface area contributed by atoms with Gasteiger partial charge in [-0.3, -0.25) is 4.79 Å². The Kier molecular flexibility index (Phi) is 3.20. The summed E-state index contributed by atoms with van der Waals surface area (Å²) in [5.41, 5.74) is 2.96. The average Bonchev–Trinajstić information content (AvgIpc) is 2.85. The van der Waals surface area contributed by atoms with E-state index in [4.69, 9.17) is 0 Å². The van der Waals surface area contributed by atoms with Gasteiger partial charge in [0.15, 0.2) is 0 Å². The standard InChI is InChI=1S/C16H18N2O3/c1-3-14(19)18-9(2)15-11(8-13(18)16(20)21)10-6-4-5-7-12(10)17-15/h4-7,9,13,17H,3,8H2,1-2H3,(H,20,21). The molecule has 5 nitrogen and oxygen atoms in total. The van der Waals surface area contributed by atoms with Crippen molar-refractivity contribution >= 4 is 22.8 Å². The lowest BCUT2D eigenvalue weighted by Crippen LogP contribution is -2.50. The van der Waals surface area contributed by atoms with Crippen molar-refractivity contribution in [1.82, 2.24) is 9.88 Å². The van der Waals surface area contributed by atoms with Gasteiger partial charge in [0.05, 0.1) is 6.04 Å². The molecule has 1 aromatic carbocycles. The van der Waals surface area contributed by atoms with Crippen LogP contribution in [0.4, 0.5) is 0 Å². The number of aliphatic carboxylic acids is 1. The number of hydrogen-bond donors (Lipinski definition) is 2. The van der Waals surface area contributed by atoms with Crippen LogP contribution in [0, 0.1) is 0 Å². The molecule has 0 aliphatic carbocycles. The number of carbonyl (C=O) groups excluding carboxylic acids is 1. The van der Waals surface area contributed by atoms with Crippen molar-refractivity contribution in [1.29, 1.82) is 0 Å². The lowest BCUT2D eigenvalue weighted by Gasteiger charge is -2.38. The smallest absolute Gasteiger partial charge is 0.326 e. The van der Waals surface area contributed by atoms with E-state index in [9.17, 15) is 14.7 Å². The van der Waals surface area contributed by atoms with Crippen molar-refractivity contribution < 1.29 is 14.7 Å². The number of hydrogen-bond acceptors (Lipinski definition) is 2. The highest BCUT2D eigenvalue weighted by Crippen LogP contribution is 2.37. The molecule has 0 bridgehead atoms. The van der Waals surface area contributed by atoms with Crippen LogP contribution in [-0.4, -0.2) is 32.9 Å². The van der Waals surface area contributed by atoms with E-state index in [1.807, 2.05) is 31.2 Å². The molecule has 110 valence electrons. The Balaban J connectivity index is 2.16. The number of carboxylic acid groups (broad SMARTS) is 1. The van der Waals surface area contributed by atoms with Crippen LogP contribution in [-0.2, 0) is 16.0 Å². The summed E-state index contributed by atoms with van der Waals surface area (Å²) in [5.74, 6) is -1.07. The number of amides is 1. The highest BCUT2D eigenvalue weighted by atomic mass is 16.4. The zero-order chi connectivity index (χ0) is 15.1. The molecule has 0 radical (unpaired) electrons. The second kappa shape index (κ2) is 4.91. The van der Waals surface area contributed by atoms with E-state index in [0.29, 0.717) is 12.8 Å². The van der Waals surface area contributed by atoms with Crippen LogP contribution in [0.3, 0.4) is 0 Å². The first kappa shape index (κ1) is 13.7. The van der Waals surface area contributed by atoms with Crippen molar-refractivity contribution in [2.75, 3.05) is 0 Å². The van der Waals surface area contributed by atoms with Gasteiger partial charge in [0.1, 0.15) is 6.04 Å². The minimum atomic E-state index is -0.945. The monoisotopic (exact) mass is 286 g/mol. The maximum atomic E-state index is 12.2. The first-order valence-corrected chi connectivity index (χ1v) is 7.18. The lowest BCUT2D eigenvalue weighted by molar-refractivity contribution is -0.153. The first-order valence-electron chi connectivity index (χ1n) is 7.18. The zero-order valence-electron chi connectivity index (χ0n) is 12.1. The fourth-order valence-corrected chi connectivity index (χ4v) is 3.28. The number of carbonyl (C=O) groups is 2. The summed E-state index contributed by atoms with van der Waals surface area (Å²) in [6, 6.07) is 6.81. The Morgan fingerprint density at radius 2 is 2.10 bits per heavy atom. The van der Waals surface area contributed by atoms with Gasteiger partial charge in [-0.15, -0.1) is 0 Å². The van der Waals surface area contributed by atoms with E-state index in [1.165, 1.54) is 4.90 Å². The fraction of sp³-hybridized carbons (Fsp3) is 0.375. The average molecular weight is 286 g/mol. The number of nitrogens with zero attached hydrogens (tertiary/aromatic N) is 1. The molecular formula is C16H18N2O3. The molecule has 0 fully saturated rings. The molecule has 1 aromatic heterocycles. The molecular weight excluding hydrogens is 268 g/mol. The summed E-state index contributed by atoms with van der Waals surface area (Å²) in [6.07, 6.45) is 0.661. The number of carboxylic acids is 1. The van der Waals surface area contributed by atoms with E-state index >= 15 is 0 Å². The SMILES string of the molecule is CCC(=O)N1C(C(=O)O)Cc2c([nH]c3ccccc23)C1C. The third-order valence-electron chi connectivity index (χ3n) is 4.29. The van der Waals surface area contributed by atoms with E-state index in [-0.39, 0.29) is 11.9 Å². The van der Waals surface area contributed by atoms with Crippen molar-refractivity contribution in [3.63, 3.8) is 0 Å². The molecule has 2 heterocycles. The number of H-pyrrole nitrogens is 1. The van der Waals surface area contributed by atoms with Crippen LogP contribution in [0.2, 0.25) is 0 Å². The summed E-state index contributed by atoms with van der Waals surface area (Å²) in [5, 5.41) is 10.6. The third-order valence-corrected chi connectivity index (χ3v) is 4.29. The maximum Gasteiger partial charge on any atom is 0.326 e. The molecule has 5 heteroatoms. The zero-order valence-corrected chi connectivity index (χ0v) is 12.1. The highest BCUT2D eigenvalue weighted by Gasteiger charge is 2.40. The molecule has 3 rings (SSSR count). The Morgan fingerprint density at radius 3 is 2.76 bits per heavy atom. The highest BCUT2D eigenvalue weighted by molar-refractivity contribution is 5.89. The van der Waals surface area contributed by atoms with E-state index < -0.39 is 12.0 Å². The van der Waals surface area contributed by atoms with E-state index in [2.05, 4.69) is 4.98 Å². The topological polar surface area (TPSA) is 73.4 Å². The second-order valence-corrected chi connectivity index (χ2v) is 5.45. The quantitative estimate of drug-likeness (QED) is 0.890. The Bertz CT molecular complexity index is 719. The molecule has 0 saturated carbocycles. The largest absolute Gasteiger partial charge is 0.480 e. The molecule has 2 atom stereocenters. The van der Waals surface area contributed by atoms with Crippen LogP contribution >= 0.6 is 0 Å². The molecule has 0 saturated heterocycles. The normalized spacial score (nSPS) is 21.3. The predicted octanol–water partition coefficient (Wildman–Crippen LogP) is 2.48. The Hall–Kier alpha value is -2.30. The fourth-order valence-electron chi connectivity index (χ4n) is 3.28. The number of fused-ring (bicyclic) bond motifs is 3. The molecule has 0 spiro atoms. The molecule has 1 aliphatic heterocycles. The molecule has 1 aliphatic rings. The first-order chi connectivity index (χ1) is 10.0. The number of benzene rings is 1. The summed E-state index contributed by atoms with van der Waals surface area (Å²) < 4.78 is 0. The van der Waals surface area contributed by atoms with Gasteiger partial charge >= 0.3 is 5.97 Å². The number of aromatic nitrogens is 1. The minimum absolute atomic E-state index is 0.126. The van der Waals surface area contributed by atoms with Crippen molar-refractivity contribution in [3.8, 4) is 0 Å². The summed E-state index contributed by atoms with van der Waals surface area (Å²) in [4.78, 5) is 28.6. The number of nitrogens with one attached hydrogen (secondary N) is 1. The number of para-hydroxylation sites is 1.